The molecule has 12 heavy (non-hydrogen) atoms. The van der Waals surface area contributed by atoms with Crippen LogP contribution in [0.5, 0.6) is 0 Å². The lowest BCUT2D eigenvalue weighted by Gasteiger charge is -2.20. The molecule has 0 bridgehead atoms. The van der Waals surface area contributed by atoms with Crippen molar-refractivity contribution in [2.75, 3.05) is 0 Å². The predicted molar refractivity (Wildman–Crippen MR) is 53.9 cm³/mol. The molecular weight excluding hydrogens is 216 g/mol. The monoisotopic (exact) mass is 228 g/mol. The number of rotatable bonds is 1. The summed E-state index contributed by atoms with van der Waals surface area (Å²) in [6, 6.07) is 3.94. The summed E-state index contributed by atoms with van der Waals surface area (Å²) in [6.45, 7) is 5.92. The first kappa shape index (κ1) is 9.68. The Hall–Kier alpha value is -0.410. The van der Waals surface area contributed by atoms with Crippen molar-refractivity contribution in [3.05, 3.63) is 28.0 Å². The number of nitrogens with zero attached hydrogens (tertiary/aromatic N) is 1. The normalized spacial score (nSPS) is 11.8. The Morgan fingerprint density at radius 3 is 2.42 bits per heavy atom. The first-order valence-corrected chi connectivity index (χ1v) is 4.63. The van der Waals surface area contributed by atoms with E-state index in [9.17, 15) is 0 Å². The highest BCUT2D eigenvalue weighted by Gasteiger charge is 2.18. The van der Waals surface area contributed by atoms with E-state index in [1.165, 1.54) is 0 Å². The molecule has 0 spiro atoms. The van der Waals surface area contributed by atoms with Crippen molar-refractivity contribution in [1.82, 2.24) is 4.98 Å². The average molecular weight is 229 g/mol. The summed E-state index contributed by atoms with van der Waals surface area (Å²) in [5, 5.41) is 0. The lowest BCUT2D eigenvalue weighted by atomic mass is 9.98. The fourth-order valence-electron chi connectivity index (χ4n) is 1.16. The molecule has 0 saturated heterocycles. The highest BCUT2D eigenvalue weighted by Crippen LogP contribution is 2.20. The van der Waals surface area contributed by atoms with E-state index in [2.05, 4.69) is 20.9 Å². The Labute approximate surface area is 81.3 Å². The zero-order chi connectivity index (χ0) is 9.35. The minimum absolute atomic E-state index is 0.367. The number of nitrogens with two attached hydrogens (primary N) is 1. The Balaban J connectivity index is 3.23. The van der Waals surface area contributed by atoms with Gasteiger partial charge in [-0.3, -0.25) is 0 Å². The van der Waals surface area contributed by atoms with Gasteiger partial charge in [-0.1, -0.05) is 6.07 Å². The fourth-order valence-corrected chi connectivity index (χ4v) is 1.47. The van der Waals surface area contributed by atoms with Crippen LogP contribution in [-0.4, -0.2) is 4.98 Å². The molecule has 0 atom stereocenters. The second kappa shape index (κ2) is 3.15. The van der Waals surface area contributed by atoms with Crippen molar-refractivity contribution in [1.29, 1.82) is 0 Å². The SMILES string of the molecule is Cc1ccc(Br)nc1C(C)(C)N. The van der Waals surface area contributed by atoms with E-state index < -0.39 is 0 Å². The van der Waals surface area contributed by atoms with E-state index in [0.717, 1.165) is 15.9 Å². The van der Waals surface area contributed by atoms with Gasteiger partial charge in [-0.15, -0.1) is 0 Å². The molecule has 0 fully saturated rings. The maximum atomic E-state index is 5.94. The minimum Gasteiger partial charge on any atom is -0.321 e. The van der Waals surface area contributed by atoms with Gasteiger partial charge in [0.25, 0.3) is 0 Å². The van der Waals surface area contributed by atoms with Gasteiger partial charge in [0.2, 0.25) is 0 Å². The molecule has 1 heterocycles. The summed E-state index contributed by atoms with van der Waals surface area (Å²) in [4.78, 5) is 4.34. The van der Waals surface area contributed by atoms with Gasteiger partial charge in [0.1, 0.15) is 4.60 Å². The molecule has 66 valence electrons. The van der Waals surface area contributed by atoms with Crippen molar-refractivity contribution in [3.8, 4) is 0 Å². The van der Waals surface area contributed by atoms with E-state index >= 15 is 0 Å². The second-order valence-corrected chi connectivity index (χ2v) is 4.33. The molecule has 0 amide bonds. The smallest absolute Gasteiger partial charge is 0.106 e. The maximum Gasteiger partial charge on any atom is 0.106 e. The number of pyridine rings is 1. The summed E-state index contributed by atoms with van der Waals surface area (Å²) >= 11 is 3.32. The second-order valence-electron chi connectivity index (χ2n) is 3.52. The van der Waals surface area contributed by atoms with Crippen LogP contribution in [0.3, 0.4) is 0 Å². The summed E-state index contributed by atoms with van der Waals surface area (Å²) in [7, 11) is 0. The lowest BCUT2D eigenvalue weighted by Crippen LogP contribution is -2.30. The summed E-state index contributed by atoms with van der Waals surface area (Å²) in [5.74, 6) is 0. The third-order valence-electron chi connectivity index (χ3n) is 1.67. The number of hydrogen-bond donors (Lipinski definition) is 1. The molecule has 3 heteroatoms. The van der Waals surface area contributed by atoms with Crippen LogP contribution in [0.1, 0.15) is 25.1 Å². The van der Waals surface area contributed by atoms with Gasteiger partial charge in [-0.2, -0.15) is 0 Å². The van der Waals surface area contributed by atoms with Crippen LogP contribution in [0.25, 0.3) is 0 Å². The molecule has 1 rings (SSSR count). The number of halogens is 1. The highest BCUT2D eigenvalue weighted by atomic mass is 79.9. The molecule has 0 saturated carbocycles. The molecule has 2 N–H and O–H groups in total. The third-order valence-corrected chi connectivity index (χ3v) is 2.11. The van der Waals surface area contributed by atoms with Crippen LogP contribution in [-0.2, 0) is 5.54 Å². The predicted octanol–water partition coefficient (Wildman–Crippen LogP) is 2.35. The van der Waals surface area contributed by atoms with Crippen molar-refractivity contribution in [2.24, 2.45) is 5.73 Å². The molecule has 0 aliphatic carbocycles. The molecule has 0 radical (unpaired) electrons. The minimum atomic E-state index is -0.367. The number of aromatic nitrogens is 1. The van der Waals surface area contributed by atoms with E-state index in [4.69, 9.17) is 5.73 Å². The van der Waals surface area contributed by atoms with E-state index in [1.807, 2.05) is 32.9 Å². The molecule has 1 aromatic heterocycles. The van der Waals surface area contributed by atoms with Gasteiger partial charge < -0.3 is 5.73 Å². The van der Waals surface area contributed by atoms with Crippen molar-refractivity contribution < 1.29 is 0 Å². The molecule has 2 nitrogen and oxygen atoms in total. The quantitative estimate of drug-likeness (QED) is 0.750. The van der Waals surface area contributed by atoms with Crippen LogP contribution in [0.15, 0.2) is 16.7 Å². The van der Waals surface area contributed by atoms with E-state index in [-0.39, 0.29) is 5.54 Å². The van der Waals surface area contributed by atoms with Crippen LogP contribution < -0.4 is 5.73 Å². The van der Waals surface area contributed by atoms with Gasteiger partial charge in [0, 0.05) is 0 Å². The van der Waals surface area contributed by atoms with Gasteiger partial charge in [0.05, 0.1) is 11.2 Å². The highest BCUT2D eigenvalue weighted by molar-refractivity contribution is 9.10. The van der Waals surface area contributed by atoms with E-state index in [1.54, 1.807) is 0 Å². The largest absolute Gasteiger partial charge is 0.321 e. The Bertz CT molecular complexity index is 289. The van der Waals surface area contributed by atoms with Crippen LogP contribution in [0, 0.1) is 6.92 Å². The Kier molecular flexibility index (Phi) is 2.54. The van der Waals surface area contributed by atoms with Crippen LogP contribution in [0.4, 0.5) is 0 Å². The van der Waals surface area contributed by atoms with Crippen LogP contribution >= 0.6 is 15.9 Å². The van der Waals surface area contributed by atoms with Crippen LogP contribution in [0.2, 0.25) is 0 Å². The first-order chi connectivity index (χ1) is 5.41. The Morgan fingerprint density at radius 2 is 2.00 bits per heavy atom. The van der Waals surface area contributed by atoms with Crippen molar-refractivity contribution in [2.45, 2.75) is 26.3 Å². The molecule has 0 aromatic carbocycles. The van der Waals surface area contributed by atoms with Crippen molar-refractivity contribution >= 4 is 15.9 Å². The van der Waals surface area contributed by atoms with Gasteiger partial charge >= 0.3 is 0 Å². The van der Waals surface area contributed by atoms with Gasteiger partial charge in [-0.05, 0) is 48.3 Å². The fraction of sp³-hybridized carbons (Fsp3) is 0.444. The van der Waals surface area contributed by atoms with E-state index in [0.29, 0.717) is 0 Å². The Morgan fingerprint density at radius 1 is 1.42 bits per heavy atom. The van der Waals surface area contributed by atoms with Crippen molar-refractivity contribution in [3.63, 3.8) is 0 Å². The summed E-state index contributed by atoms with van der Waals surface area (Å²) in [5.41, 5.74) is 7.65. The van der Waals surface area contributed by atoms with Gasteiger partial charge in [-0.25, -0.2) is 4.98 Å². The molecular formula is C9H13BrN2. The molecule has 1 aromatic rings. The molecule has 0 aliphatic heterocycles. The van der Waals surface area contributed by atoms with Gasteiger partial charge in [0.15, 0.2) is 0 Å². The molecule has 0 aliphatic rings. The molecule has 0 unspecified atom stereocenters. The standard InChI is InChI=1S/C9H13BrN2/c1-6-4-5-7(10)12-8(6)9(2,3)11/h4-5H,11H2,1-3H3. The number of aryl methyl sites for hydroxylation is 1. The summed E-state index contributed by atoms with van der Waals surface area (Å²) < 4.78 is 0.835. The topological polar surface area (TPSA) is 38.9 Å². The average Bonchev–Trinajstić information content (AvgIpc) is 1.92. The maximum absolute atomic E-state index is 5.94. The first-order valence-electron chi connectivity index (χ1n) is 3.84. The number of hydrogen-bond acceptors (Lipinski definition) is 2. The zero-order valence-corrected chi connectivity index (χ0v) is 9.14. The lowest BCUT2D eigenvalue weighted by molar-refractivity contribution is 0.530. The zero-order valence-electron chi connectivity index (χ0n) is 7.56. The third kappa shape index (κ3) is 2.05. The summed E-state index contributed by atoms with van der Waals surface area (Å²) in [6.07, 6.45) is 0.